The Balaban J connectivity index is 1.85. The Labute approximate surface area is 113 Å². The van der Waals surface area contributed by atoms with Gasteiger partial charge in [-0.2, -0.15) is 0 Å². The van der Waals surface area contributed by atoms with Gasteiger partial charge in [-0.25, -0.2) is 0 Å². The minimum absolute atomic E-state index is 0.349. The number of aliphatic imine (C=N–C) groups is 1. The summed E-state index contributed by atoms with van der Waals surface area (Å²) in [4.78, 5) is 5.90. The van der Waals surface area contributed by atoms with Crippen molar-refractivity contribution >= 4 is 44.2 Å². The number of nitrogens with one attached hydrogen (secondary N) is 1. The van der Waals surface area contributed by atoms with Crippen molar-refractivity contribution in [1.82, 2.24) is 5.32 Å². The number of nitrogens with zero attached hydrogens (tertiary/aromatic N) is 1. The summed E-state index contributed by atoms with van der Waals surface area (Å²) >= 11 is 7.06. The number of hydrogen-bond donors (Lipinski definition) is 1. The van der Waals surface area contributed by atoms with Crippen molar-refractivity contribution in [3.05, 3.63) is 20.8 Å². The molecule has 2 heterocycles. The Bertz CT molecular complexity index is 398. The van der Waals surface area contributed by atoms with Crippen LogP contribution in [0.25, 0.3) is 0 Å². The molecule has 2 rings (SSSR count). The fraction of sp³-hybridized carbons (Fsp3) is 0.545. The van der Waals surface area contributed by atoms with E-state index < -0.39 is 0 Å². The van der Waals surface area contributed by atoms with Crippen molar-refractivity contribution in [2.45, 2.75) is 20.4 Å². The van der Waals surface area contributed by atoms with E-state index in [9.17, 15) is 0 Å². The average Bonchev–Trinajstić information content (AvgIpc) is 2.63. The first-order valence-corrected chi connectivity index (χ1v) is 7.80. The van der Waals surface area contributed by atoms with E-state index in [4.69, 9.17) is 0 Å². The van der Waals surface area contributed by atoms with Crippen LogP contribution >= 0.6 is 39.0 Å². The van der Waals surface area contributed by atoms with Crippen LogP contribution in [0.3, 0.4) is 0 Å². The quantitative estimate of drug-likeness (QED) is 0.898. The lowest BCUT2D eigenvalue weighted by Crippen LogP contribution is -2.30. The maximum atomic E-state index is 4.57. The molecule has 16 heavy (non-hydrogen) atoms. The summed E-state index contributed by atoms with van der Waals surface area (Å²) in [6.45, 7) is 6.33. The number of thioether (sulfide) groups is 1. The predicted molar refractivity (Wildman–Crippen MR) is 77.4 cm³/mol. The van der Waals surface area contributed by atoms with Crippen LogP contribution in [0.4, 0.5) is 0 Å². The average molecular weight is 319 g/mol. The van der Waals surface area contributed by atoms with Gasteiger partial charge in [0.15, 0.2) is 5.17 Å². The first-order valence-electron chi connectivity index (χ1n) is 5.20. The Morgan fingerprint density at radius 2 is 2.31 bits per heavy atom. The van der Waals surface area contributed by atoms with E-state index in [-0.39, 0.29) is 0 Å². The highest BCUT2D eigenvalue weighted by molar-refractivity contribution is 9.11. The molecule has 0 aliphatic carbocycles. The van der Waals surface area contributed by atoms with Crippen LogP contribution in [0.1, 0.15) is 18.7 Å². The summed E-state index contributed by atoms with van der Waals surface area (Å²) in [5.74, 6) is 1.15. The van der Waals surface area contributed by atoms with E-state index in [1.807, 2.05) is 11.8 Å². The predicted octanol–water partition coefficient (Wildman–Crippen LogP) is 3.73. The van der Waals surface area contributed by atoms with Crippen LogP contribution in [0.5, 0.6) is 0 Å². The van der Waals surface area contributed by atoms with E-state index in [2.05, 4.69) is 52.2 Å². The minimum atomic E-state index is 0.349. The number of halogens is 1. The van der Waals surface area contributed by atoms with Crippen molar-refractivity contribution in [2.24, 2.45) is 10.4 Å². The molecular weight excluding hydrogens is 304 g/mol. The van der Waals surface area contributed by atoms with Gasteiger partial charge >= 0.3 is 0 Å². The lowest BCUT2D eigenvalue weighted by molar-refractivity contribution is 0.436. The normalized spacial score (nSPS) is 19.3. The molecule has 1 aliphatic rings. The van der Waals surface area contributed by atoms with Crippen LogP contribution in [0, 0.1) is 5.41 Å². The first kappa shape index (κ1) is 12.5. The monoisotopic (exact) mass is 318 g/mol. The zero-order chi connectivity index (χ0) is 11.6. The molecule has 0 fully saturated rings. The first-order chi connectivity index (χ1) is 7.55. The molecule has 1 aromatic heterocycles. The van der Waals surface area contributed by atoms with Crippen LogP contribution in [-0.4, -0.2) is 17.5 Å². The Morgan fingerprint density at radius 1 is 1.50 bits per heavy atom. The standard InChI is InChI=1S/C11H15BrN2S2/c1-11(2)6-14-10(15-7-11)13-5-8-3-4-9(12)16-8/h3-4H,5-7H2,1-2H3,(H,13,14). The second-order valence-electron chi connectivity index (χ2n) is 4.63. The molecule has 1 aliphatic heterocycles. The molecule has 0 bridgehead atoms. The van der Waals surface area contributed by atoms with Gasteiger partial charge in [0.25, 0.3) is 0 Å². The van der Waals surface area contributed by atoms with Crippen molar-refractivity contribution in [3.63, 3.8) is 0 Å². The molecule has 0 spiro atoms. The Kier molecular flexibility index (Phi) is 3.97. The highest BCUT2D eigenvalue weighted by Gasteiger charge is 2.23. The second-order valence-corrected chi connectivity index (χ2v) is 8.15. The molecule has 0 saturated carbocycles. The SMILES string of the molecule is CC1(C)CN=C(NCc2ccc(Br)s2)SC1. The molecule has 0 aromatic carbocycles. The number of rotatable bonds is 2. The zero-order valence-corrected chi connectivity index (χ0v) is 12.6. The maximum absolute atomic E-state index is 4.57. The van der Waals surface area contributed by atoms with Gasteiger partial charge in [-0.1, -0.05) is 25.6 Å². The lowest BCUT2D eigenvalue weighted by atomic mass is 9.97. The molecule has 0 amide bonds. The van der Waals surface area contributed by atoms with E-state index in [1.165, 1.54) is 8.66 Å². The molecule has 1 N–H and O–H groups in total. The summed E-state index contributed by atoms with van der Waals surface area (Å²) in [7, 11) is 0. The van der Waals surface area contributed by atoms with E-state index in [1.54, 1.807) is 11.3 Å². The van der Waals surface area contributed by atoms with Gasteiger partial charge in [-0.05, 0) is 33.5 Å². The molecule has 5 heteroatoms. The third-order valence-corrected chi connectivity index (χ3v) is 5.39. The van der Waals surface area contributed by atoms with Gasteiger partial charge < -0.3 is 5.32 Å². The van der Waals surface area contributed by atoms with E-state index >= 15 is 0 Å². The molecule has 88 valence electrons. The van der Waals surface area contributed by atoms with Gasteiger partial charge in [0.2, 0.25) is 0 Å². The summed E-state index contributed by atoms with van der Waals surface area (Å²) < 4.78 is 1.18. The van der Waals surface area contributed by atoms with Gasteiger partial charge in [0.05, 0.1) is 10.3 Å². The fourth-order valence-corrected chi connectivity index (χ4v) is 3.73. The van der Waals surface area contributed by atoms with Crippen LogP contribution in [-0.2, 0) is 6.54 Å². The molecule has 0 radical (unpaired) electrons. The summed E-state index contributed by atoms with van der Waals surface area (Å²) in [5, 5.41) is 4.48. The van der Waals surface area contributed by atoms with Crippen LogP contribution in [0.2, 0.25) is 0 Å². The van der Waals surface area contributed by atoms with Gasteiger partial charge in [-0.3, -0.25) is 4.99 Å². The summed E-state index contributed by atoms with van der Waals surface area (Å²) in [6.07, 6.45) is 0. The maximum Gasteiger partial charge on any atom is 0.156 e. The zero-order valence-electron chi connectivity index (χ0n) is 9.42. The molecule has 0 unspecified atom stereocenters. The van der Waals surface area contributed by atoms with Crippen LogP contribution < -0.4 is 5.32 Å². The van der Waals surface area contributed by atoms with E-state index in [0.29, 0.717) is 5.41 Å². The molecule has 1 aromatic rings. The third kappa shape index (κ3) is 3.50. The number of amidine groups is 1. The molecule has 2 nitrogen and oxygen atoms in total. The summed E-state index contributed by atoms with van der Waals surface area (Å²) in [5.41, 5.74) is 0.349. The second kappa shape index (κ2) is 5.10. The van der Waals surface area contributed by atoms with Gasteiger partial charge in [0.1, 0.15) is 0 Å². The van der Waals surface area contributed by atoms with Crippen molar-refractivity contribution in [1.29, 1.82) is 0 Å². The Hall–Kier alpha value is -0.000000000000000111. The third-order valence-electron chi connectivity index (χ3n) is 2.29. The topological polar surface area (TPSA) is 24.4 Å². The number of thiophene rings is 1. The lowest BCUT2D eigenvalue weighted by Gasteiger charge is -2.27. The van der Waals surface area contributed by atoms with Crippen molar-refractivity contribution < 1.29 is 0 Å². The fourth-order valence-electron chi connectivity index (χ4n) is 1.36. The van der Waals surface area contributed by atoms with E-state index in [0.717, 1.165) is 24.0 Å². The number of hydrogen-bond acceptors (Lipinski definition) is 4. The smallest absolute Gasteiger partial charge is 0.156 e. The van der Waals surface area contributed by atoms with Crippen molar-refractivity contribution in [3.8, 4) is 0 Å². The molecular formula is C11H15BrN2S2. The Morgan fingerprint density at radius 3 is 2.88 bits per heavy atom. The summed E-state index contributed by atoms with van der Waals surface area (Å²) in [6, 6.07) is 4.22. The largest absolute Gasteiger partial charge is 0.360 e. The van der Waals surface area contributed by atoms with Crippen LogP contribution in [0.15, 0.2) is 20.9 Å². The highest BCUT2D eigenvalue weighted by Crippen LogP contribution is 2.27. The molecule has 0 saturated heterocycles. The molecule has 0 atom stereocenters. The van der Waals surface area contributed by atoms with Gasteiger partial charge in [0, 0.05) is 17.2 Å². The van der Waals surface area contributed by atoms with Crippen molar-refractivity contribution in [2.75, 3.05) is 12.3 Å². The highest BCUT2D eigenvalue weighted by atomic mass is 79.9. The minimum Gasteiger partial charge on any atom is -0.360 e. The van der Waals surface area contributed by atoms with Gasteiger partial charge in [-0.15, -0.1) is 11.3 Å².